The lowest BCUT2D eigenvalue weighted by molar-refractivity contribution is -0.145. The van der Waals surface area contributed by atoms with Gasteiger partial charge in [-0.2, -0.15) is 0 Å². The SMILES string of the molecule is COC(=O)C(C)NC(=O)C1CC(C)CCC1C(C)C. The molecule has 0 heterocycles. The Morgan fingerprint density at radius 1 is 1.21 bits per heavy atom. The molecule has 0 aromatic rings. The predicted molar refractivity (Wildman–Crippen MR) is 74.5 cm³/mol. The van der Waals surface area contributed by atoms with Gasteiger partial charge in [0, 0.05) is 5.92 Å². The van der Waals surface area contributed by atoms with Crippen molar-refractivity contribution in [2.75, 3.05) is 7.11 Å². The van der Waals surface area contributed by atoms with Gasteiger partial charge in [-0.1, -0.05) is 27.2 Å². The number of rotatable bonds is 4. The molecule has 4 nitrogen and oxygen atoms in total. The normalized spacial score (nSPS) is 28.8. The van der Waals surface area contributed by atoms with Gasteiger partial charge in [0.15, 0.2) is 0 Å². The zero-order valence-corrected chi connectivity index (χ0v) is 12.7. The van der Waals surface area contributed by atoms with Gasteiger partial charge in [0.25, 0.3) is 0 Å². The summed E-state index contributed by atoms with van der Waals surface area (Å²) in [4.78, 5) is 23.7. The number of methoxy groups -OCH3 is 1. The largest absolute Gasteiger partial charge is 0.467 e. The Kier molecular flexibility index (Phi) is 5.83. The van der Waals surface area contributed by atoms with Crippen molar-refractivity contribution in [2.24, 2.45) is 23.7 Å². The van der Waals surface area contributed by atoms with E-state index < -0.39 is 12.0 Å². The Hall–Kier alpha value is -1.06. The summed E-state index contributed by atoms with van der Waals surface area (Å²) in [6.45, 7) is 8.20. The van der Waals surface area contributed by atoms with Gasteiger partial charge in [-0.05, 0) is 37.5 Å². The fourth-order valence-corrected chi connectivity index (χ4v) is 3.06. The second-order valence-corrected chi connectivity index (χ2v) is 6.19. The molecule has 4 heteroatoms. The van der Waals surface area contributed by atoms with Gasteiger partial charge in [-0.3, -0.25) is 4.79 Å². The summed E-state index contributed by atoms with van der Waals surface area (Å²) in [5.41, 5.74) is 0. The molecule has 1 aliphatic rings. The topological polar surface area (TPSA) is 55.4 Å². The van der Waals surface area contributed by atoms with Crippen molar-refractivity contribution in [1.82, 2.24) is 5.32 Å². The van der Waals surface area contributed by atoms with E-state index in [1.807, 2.05) is 0 Å². The van der Waals surface area contributed by atoms with Crippen molar-refractivity contribution < 1.29 is 14.3 Å². The quantitative estimate of drug-likeness (QED) is 0.797. The molecule has 1 saturated carbocycles. The minimum Gasteiger partial charge on any atom is -0.467 e. The highest BCUT2D eigenvalue weighted by Crippen LogP contribution is 2.38. The average Bonchev–Trinajstić information content (AvgIpc) is 2.36. The molecule has 0 spiro atoms. The van der Waals surface area contributed by atoms with Crippen LogP contribution in [-0.4, -0.2) is 25.0 Å². The van der Waals surface area contributed by atoms with Crippen LogP contribution in [0.15, 0.2) is 0 Å². The van der Waals surface area contributed by atoms with Gasteiger partial charge >= 0.3 is 5.97 Å². The monoisotopic (exact) mass is 269 g/mol. The zero-order chi connectivity index (χ0) is 14.6. The Morgan fingerprint density at radius 2 is 1.84 bits per heavy atom. The molecule has 1 aliphatic carbocycles. The first-order valence-corrected chi connectivity index (χ1v) is 7.25. The molecule has 1 N–H and O–H groups in total. The first-order valence-electron chi connectivity index (χ1n) is 7.25. The first kappa shape index (κ1) is 16.0. The second-order valence-electron chi connectivity index (χ2n) is 6.19. The van der Waals surface area contributed by atoms with Crippen molar-refractivity contribution in [3.63, 3.8) is 0 Å². The van der Waals surface area contributed by atoms with Gasteiger partial charge in [0.2, 0.25) is 5.91 Å². The van der Waals surface area contributed by atoms with E-state index in [-0.39, 0.29) is 11.8 Å². The highest BCUT2D eigenvalue weighted by atomic mass is 16.5. The third-order valence-corrected chi connectivity index (χ3v) is 4.27. The summed E-state index contributed by atoms with van der Waals surface area (Å²) >= 11 is 0. The molecule has 4 atom stereocenters. The molecule has 0 bridgehead atoms. The van der Waals surface area contributed by atoms with Crippen LogP contribution in [0.2, 0.25) is 0 Å². The van der Waals surface area contributed by atoms with Crippen LogP contribution in [0.1, 0.15) is 47.0 Å². The van der Waals surface area contributed by atoms with Crippen LogP contribution in [0, 0.1) is 23.7 Å². The molecule has 19 heavy (non-hydrogen) atoms. The van der Waals surface area contributed by atoms with Crippen LogP contribution in [0.25, 0.3) is 0 Å². The second kappa shape index (κ2) is 6.92. The summed E-state index contributed by atoms with van der Waals surface area (Å²) in [5, 5.41) is 2.79. The zero-order valence-electron chi connectivity index (χ0n) is 12.7. The van der Waals surface area contributed by atoms with Gasteiger partial charge in [-0.15, -0.1) is 0 Å². The lowest BCUT2D eigenvalue weighted by Gasteiger charge is -2.36. The molecular weight excluding hydrogens is 242 g/mol. The van der Waals surface area contributed by atoms with Crippen molar-refractivity contribution in [3.8, 4) is 0 Å². The molecule has 0 radical (unpaired) electrons. The van der Waals surface area contributed by atoms with Crippen LogP contribution in [0.5, 0.6) is 0 Å². The van der Waals surface area contributed by atoms with Crippen LogP contribution < -0.4 is 5.32 Å². The maximum Gasteiger partial charge on any atom is 0.328 e. The van der Waals surface area contributed by atoms with E-state index in [1.54, 1.807) is 6.92 Å². The van der Waals surface area contributed by atoms with E-state index in [2.05, 4.69) is 30.8 Å². The Morgan fingerprint density at radius 3 is 2.37 bits per heavy atom. The maximum absolute atomic E-state index is 12.4. The summed E-state index contributed by atoms with van der Waals surface area (Å²) < 4.78 is 4.64. The predicted octanol–water partition coefficient (Wildman–Crippen LogP) is 2.37. The molecule has 1 rings (SSSR count). The van der Waals surface area contributed by atoms with E-state index in [1.165, 1.54) is 13.5 Å². The van der Waals surface area contributed by atoms with Crippen LogP contribution in [0.3, 0.4) is 0 Å². The summed E-state index contributed by atoms with van der Waals surface area (Å²) in [7, 11) is 1.34. The summed E-state index contributed by atoms with van der Waals surface area (Å²) in [5.74, 6) is 1.13. The number of esters is 1. The van der Waals surface area contributed by atoms with Gasteiger partial charge in [0.1, 0.15) is 6.04 Å². The fraction of sp³-hybridized carbons (Fsp3) is 0.867. The number of hydrogen-bond acceptors (Lipinski definition) is 3. The molecule has 0 aromatic carbocycles. The number of ether oxygens (including phenoxy) is 1. The number of amides is 1. The molecule has 4 unspecified atom stereocenters. The molecule has 0 saturated heterocycles. The molecule has 0 aliphatic heterocycles. The van der Waals surface area contributed by atoms with E-state index in [4.69, 9.17) is 0 Å². The van der Waals surface area contributed by atoms with Crippen molar-refractivity contribution in [3.05, 3.63) is 0 Å². The first-order chi connectivity index (χ1) is 8.86. The lowest BCUT2D eigenvalue weighted by atomic mass is 9.69. The van der Waals surface area contributed by atoms with E-state index in [9.17, 15) is 9.59 Å². The molecule has 1 amide bonds. The number of carbonyl (C=O) groups is 2. The maximum atomic E-state index is 12.4. The van der Waals surface area contributed by atoms with Crippen LogP contribution in [0.4, 0.5) is 0 Å². The number of nitrogens with one attached hydrogen (secondary N) is 1. The third kappa shape index (κ3) is 4.22. The lowest BCUT2D eigenvalue weighted by Crippen LogP contribution is -2.46. The summed E-state index contributed by atoms with van der Waals surface area (Å²) in [6, 6.07) is -0.567. The summed E-state index contributed by atoms with van der Waals surface area (Å²) in [6.07, 6.45) is 3.21. The van der Waals surface area contributed by atoms with Gasteiger partial charge in [-0.25, -0.2) is 4.79 Å². The van der Waals surface area contributed by atoms with Gasteiger partial charge in [0.05, 0.1) is 7.11 Å². The standard InChI is InChI=1S/C15H27NO3/c1-9(2)12-7-6-10(3)8-13(12)14(17)16-11(4)15(18)19-5/h9-13H,6-8H2,1-5H3,(H,16,17). The van der Waals surface area contributed by atoms with Crippen molar-refractivity contribution >= 4 is 11.9 Å². The fourth-order valence-electron chi connectivity index (χ4n) is 3.06. The van der Waals surface area contributed by atoms with E-state index in [0.29, 0.717) is 17.8 Å². The van der Waals surface area contributed by atoms with E-state index in [0.717, 1.165) is 12.8 Å². The Labute approximate surface area is 116 Å². The Balaban J connectivity index is 2.68. The number of carbonyl (C=O) groups excluding carboxylic acids is 2. The van der Waals surface area contributed by atoms with Crippen molar-refractivity contribution in [2.45, 2.75) is 53.0 Å². The molecule has 0 aromatic heterocycles. The number of hydrogen-bond donors (Lipinski definition) is 1. The smallest absolute Gasteiger partial charge is 0.328 e. The van der Waals surface area contributed by atoms with Crippen LogP contribution in [-0.2, 0) is 14.3 Å². The minimum atomic E-state index is -0.567. The average molecular weight is 269 g/mol. The van der Waals surface area contributed by atoms with Crippen LogP contribution >= 0.6 is 0 Å². The molecule has 1 fully saturated rings. The highest BCUT2D eigenvalue weighted by molar-refractivity contribution is 5.85. The molecular formula is C15H27NO3. The molecule has 110 valence electrons. The van der Waals surface area contributed by atoms with E-state index >= 15 is 0 Å². The Bertz CT molecular complexity index is 327. The van der Waals surface area contributed by atoms with Crippen molar-refractivity contribution in [1.29, 1.82) is 0 Å². The minimum absolute atomic E-state index is 0.00292. The third-order valence-electron chi connectivity index (χ3n) is 4.27. The van der Waals surface area contributed by atoms with Gasteiger partial charge < -0.3 is 10.1 Å². The highest BCUT2D eigenvalue weighted by Gasteiger charge is 2.36.